The minimum Gasteiger partial charge on any atom is -0.479 e. The second-order valence-corrected chi connectivity index (χ2v) is 4.41. The van der Waals surface area contributed by atoms with Crippen LogP contribution in [0.2, 0.25) is 5.02 Å². The molecular formula is C10H10ClFO2S. The second kappa shape index (κ2) is 4.41. The summed E-state index contributed by atoms with van der Waals surface area (Å²) in [6, 6.07) is 4.40. The summed E-state index contributed by atoms with van der Waals surface area (Å²) in [6.45, 7) is 1.000. The Kier molecular flexibility index (Phi) is 3.62. The van der Waals surface area contributed by atoms with Gasteiger partial charge in [-0.05, 0) is 25.3 Å². The van der Waals surface area contributed by atoms with Crippen LogP contribution in [0.15, 0.2) is 23.1 Å². The van der Waals surface area contributed by atoms with Gasteiger partial charge in [-0.3, -0.25) is 0 Å². The molecule has 1 rings (SSSR count). The molecule has 0 aliphatic rings. The van der Waals surface area contributed by atoms with Crippen molar-refractivity contribution in [3.8, 4) is 0 Å². The molecule has 1 unspecified atom stereocenters. The fourth-order valence-corrected chi connectivity index (χ4v) is 1.95. The van der Waals surface area contributed by atoms with Gasteiger partial charge in [0.2, 0.25) is 5.67 Å². The van der Waals surface area contributed by atoms with Crippen molar-refractivity contribution in [1.29, 1.82) is 0 Å². The molecule has 1 N–H and O–H groups in total. The highest BCUT2D eigenvalue weighted by Crippen LogP contribution is 2.32. The Morgan fingerprint density at radius 2 is 2.20 bits per heavy atom. The summed E-state index contributed by atoms with van der Waals surface area (Å²) in [5.41, 5.74) is -2.35. The van der Waals surface area contributed by atoms with Crippen LogP contribution in [0.3, 0.4) is 0 Å². The van der Waals surface area contributed by atoms with Gasteiger partial charge in [-0.15, -0.1) is 11.8 Å². The molecule has 5 heteroatoms. The van der Waals surface area contributed by atoms with E-state index in [1.165, 1.54) is 23.9 Å². The van der Waals surface area contributed by atoms with E-state index in [1.54, 1.807) is 6.07 Å². The van der Waals surface area contributed by atoms with Crippen molar-refractivity contribution in [3.05, 3.63) is 28.8 Å². The van der Waals surface area contributed by atoms with E-state index in [1.807, 2.05) is 6.26 Å². The van der Waals surface area contributed by atoms with Gasteiger partial charge in [0.05, 0.1) is 5.02 Å². The summed E-state index contributed by atoms with van der Waals surface area (Å²) in [6.07, 6.45) is 1.84. The highest BCUT2D eigenvalue weighted by atomic mass is 35.5. The zero-order valence-electron chi connectivity index (χ0n) is 8.25. The number of alkyl halides is 1. The van der Waals surface area contributed by atoms with Crippen molar-refractivity contribution in [1.82, 2.24) is 0 Å². The first-order valence-electron chi connectivity index (χ1n) is 4.16. The normalized spacial score (nSPS) is 14.7. The molecule has 0 saturated heterocycles. The molecule has 15 heavy (non-hydrogen) atoms. The third-order valence-corrected chi connectivity index (χ3v) is 3.32. The number of hydrogen-bond donors (Lipinski definition) is 1. The topological polar surface area (TPSA) is 37.3 Å². The molecule has 0 saturated carbocycles. The molecule has 0 heterocycles. The van der Waals surface area contributed by atoms with E-state index >= 15 is 0 Å². The number of carboxylic acids is 1. The smallest absolute Gasteiger partial charge is 0.345 e. The summed E-state index contributed by atoms with van der Waals surface area (Å²) in [5, 5.41) is 9.05. The van der Waals surface area contributed by atoms with E-state index in [2.05, 4.69) is 0 Å². The maximum Gasteiger partial charge on any atom is 0.345 e. The van der Waals surface area contributed by atoms with Crippen molar-refractivity contribution in [2.75, 3.05) is 6.26 Å². The third-order valence-electron chi connectivity index (χ3n) is 2.10. The van der Waals surface area contributed by atoms with E-state index in [4.69, 9.17) is 16.7 Å². The number of hydrogen-bond acceptors (Lipinski definition) is 2. The van der Waals surface area contributed by atoms with Crippen LogP contribution >= 0.6 is 23.4 Å². The van der Waals surface area contributed by atoms with Crippen molar-refractivity contribution in [3.63, 3.8) is 0 Å². The number of halogens is 2. The van der Waals surface area contributed by atoms with Crippen LogP contribution in [0, 0.1) is 0 Å². The van der Waals surface area contributed by atoms with E-state index in [0.717, 1.165) is 11.8 Å². The molecule has 1 aromatic carbocycles. The lowest BCUT2D eigenvalue weighted by atomic mass is 9.98. The Bertz CT molecular complexity index is 393. The zero-order chi connectivity index (χ0) is 11.6. The Morgan fingerprint density at radius 1 is 1.60 bits per heavy atom. The van der Waals surface area contributed by atoms with Gasteiger partial charge in [0, 0.05) is 10.5 Å². The number of thioether (sulfide) groups is 1. The predicted octanol–water partition coefficient (Wildman–Crippen LogP) is 3.33. The molecule has 82 valence electrons. The van der Waals surface area contributed by atoms with Gasteiger partial charge in [-0.1, -0.05) is 17.7 Å². The van der Waals surface area contributed by atoms with Crippen LogP contribution in [0.1, 0.15) is 12.5 Å². The lowest BCUT2D eigenvalue weighted by Crippen LogP contribution is -2.26. The Labute approximate surface area is 96.4 Å². The standard InChI is InChI=1S/C10H10ClFO2S/c1-10(12,9(13)14)6-3-4-8(15-2)7(11)5-6/h3-5H,1-2H3,(H,13,14). The molecule has 0 aliphatic carbocycles. The van der Waals surface area contributed by atoms with Crippen molar-refractivity contribution in [2.45, 2.75) is 17.5 Å². The quantitative estimate of drug-likeness (QED) is 0.834. The van der Waals surface area contributed by atoms with Gasteiger partial charge in [-0.2, -0.15) is 0 Å². The van der Waals surface area contributed by atoms with Crippen molar-refractivity contribution < 1.29 is 14.3 Å². The van der Waals surface area contributed by atoms with Crippen LogP contribution < -0.4 is 0 Å². The molecule has 2 nitrogen and oxygen atoms in total. The van der Waals surface area contributed by atoms with Crippen molar-refractivity contribution >= 4 is 29.3 Å². The van der Waals surface area contributed by atoms with Crippen LogP contribution in [0.25, 0.3) is 0 Å². The summed E-state index contributed by atoms with van der Waals surface area (Å²) >= 11 is 7.28. The summed E-state index contributed by atoms with van der Waals surface area (Å²) in [5.74, 6) is -1.52. The molecule has 0 bridgehead atoms. The van der Waals surface area contributed by atoms with Crippen LogP contribution in [-0.2, 0) is 10.5 Å². The van der Waals surface area contributed by atoms with Crippen LogP contribution in [-0.4, -0.2) is 17.3 Å². The Morgan fingerprint density at radius 3 is 2.60 bits per heavy atom. The maximum absolute atomic E-state index is 13.7. The summed E-state index contributed by atoms with van der Waals surface area (Å²) < 4.78 is 13.7. The Hall–Kier alpha value is -0.740. The molecule has 1 atom stereocenters. The van der Waals surface area contributed by atoms with Gasteiger partial charge in [0.15, 0.2) is 0 Å². The average Bonchev–Trinajstić information content (AvgIpc) is 2.17. The molecule has 0 aliphatic heterocycles. The molecule has 0 radical (unpaired) electrons. The summed E-state index contributed by atoms with van der Waals surface area (Å²) in [7, 11) is 0. The number of rotatable bonds is 3. The lowest BCUT2D eigenvalue weighted by Gasteiger charge is -2.16. The first-order valence-corrected chi connectivity index (χ1v) is 5.76. The van der Waals surface area contributed by atoms with E-state index in [-0.39, 0.29) is 5.56 Å². The van der Waals surface area contributed by atoms with Gasteiger partial charge in [0.1, 0.15) is 0 Å². The minimum absolute atomic E-state index is 0.0535. The fourth-order valence-electron chi connectivity index (χ4n) is 1.08. The molecule has 0 spiro atoms. The SMILES string of the molecule is CSc1ccc(C(C)(F)C(=O)O)cc1Cl. The van der Waals surface area contributed by atoms with Gasteiger partial charge in [-0.25, -0.2) is 9.18 Å². The predicted molar refractivity (Wildman–Crippen MR) is 59.3 cm³/mol. The molecule has 0 aromatic heterocycles. The first kappa shape index (κ1) is 12.3. The second-order valence-electron chi connectivity index (χ2n) is 3.16. The molecule has 1 aromatic rings. The highest BCUT2D eigenvalue weighted by molar-refractivity contribution is 7.98. The van der Waals surface area contributed by atoms with Crippen molar-refractivity contribution in [2.24, 2.45) is 0 Å². The van der Waals surface area contributed by atoms with E-state index in [9.17, 15) is 9.18 Å². The molecule has 0 amide bonds. The van der Waals surface area contributed by atoms with E-state index < -0.39 is 11.6 Å². The van der Waals surface area contributed by atoms with Gasteiger partial charge >= 0.3 is 5.97 Å². The van der Waals surface area contributed by atoms with Crippen LogP contribution in [0.5, 0.6) is 0 Å². The largest absolute Gasteiger partial charge is 0.479 e. The number of aliphatic carboxylic acids is 1. The summed E-state index contributed by atoms with van der Waals surface area (Å²) in [4.78, 5) is 11.5. The van der Waals surface area contributed by atoms with E-state index in [0.29, 0.717) is 5.02 Å². The van der Waals surface area contributed by atoms with Gasteiger partial charge < -0.3 is 5.11 Å². The van der Waals surface area contributed by atoms with Gasteiger partial charge in [0.25, 0.3) is 0 Å². The number of benzene rings is 1. The maximum atomic E-state index is 13.7. The van der Waals surface area contributed by atoms with Crippen LogP contribution in [0.4, 0.5) is 4.39 Å². The minimum atomic E-state index is -2.40. The average molecular weight is 249 g/mol. The third kappa shape index (κ3) is 2.44. The first-order chi connectivity index (χ1) is 6.89. The molecule has 0 fully saturated rings. The Balaban J connectivity index is 3.18. The lowest BCUT2D eigenvalue weighted by molar-refractivity contribution is -0.150. The molecular weight excluding hydrogens is 239 g/mol. The highest BCUT2D eigenvalue weighted by Gasteiger charge is 2.35. The monoisotopic (exact) mass is 248 g/mol. The number of carboxylic acid groups (broad SMARTS) is 1. The fraction of sp³-hybridized carbons (Fsp3) is 0.300. The number of carbonyl (C=O) groups is 1. The zero-order valence-corrected chi connectivity index (χ0v) is 9.82.